The van der Waals surface area contributed by atoms with Crippen molar-refractivity contribution < 1.29 is 4.79 Å². The van der Waals surface area contributed by atoms with Gasteiger partial charge in [-0.15, -0.1) is 0 Å². The van der Waals surface area contributed by atoms with Crippen LogP contribution in [0.3, 0.4) is 0 Å². The van der Waals surface area contributed by atoms with Gasteiger partial charge in [0.25, 0.3) is 11.5 Å². The standard InChI is InChI=1S/C25H31N3O2/c1-4-6-7-13-18-28(24(29)19-14-9-8-10-15-19)22(5-2)23-26-21-17-12-11-16-20(21)25(30)27(23)3/h8-12,14-17,22H,4-7,13,18H2,1-3H3/t22-/m1/s1. The van der Waals surface area contributed by atoms with Crippen LogP contribution in [0.5, 0.6) is 0 Å². The molecule has 0 fully saturated rings. The summed E-state index contributed by atoms with van der Waals surface area (Å²) in [6, 6.07) is 16.5. The largest absolute Gasteiger partial charge is 0.328 e. The van der Waals surface area contributed by atoms with E-state index in [1.54, 1.807) is 17.7 Å². The first-order chi connectivity index (χ1) is 14.6. The smallest absolute Gasteiger partial charge is 0.261 e. The van der Waals surface area contributed by atoms with Crippen molar-refractivity contribution >= 4 is 16.8 Å². The maximum Gasteiger partial charge on any atom is 0.261 e. The third-order valence-electron chi connectivity index (χ3n) is 5.61. The molecule has 0 saturated heterocycles. The number of para-hydroxylation sites is 1. The average molecular weight is 406 g/mol. The highest BCUT2D eigenvalue weighted by Crippen LogP contribution is 2.26. The van der Waals surface area contributed by atoms with Crippen molar-refractivity contribution in [2.45, 2.75) is 52.0 Å². The number of fused-ring (bicyclic) bond motifs is 1. The van der Waals surface area contributed by atoms with Crippen molar-refractivity contribution in [2.75, 3.05) is 6.54 Å². The molecule has 30 heavy (non-hydrogen) atoms. The number of hydrogen-bond acceptors (Lipinski definition) is 3. The van der Waals surface area contributed by atoms with Crippen LogP contribution >= 0.6 is 0 Å². The lowest BCUT2D eigenvalue weighted by Crippen LogP contribution is -2.39. The van der Waals surface area contributed by atoms with E-state index in [2.05, 4.69) is 6.92 Å². The molecule has 1 amide bonds. The van der Waals surface area contributed by atoms with E-state index < -0.39 is 0 Å². The SMILES string of the molecule is CCCCCCN(C(=O)c1ccccc1)[C@H](CC)c1nc2ccccc2c(=O)n1C. The minimum atomic E-state index is -0.262. The van der Waals surface area contributed by atoms with E-state index in [9.17, 15) is 9.59 Å². The second-order valence-electron chi connectivity index (χ2n) is 7.70. The van der Waals surface area contributed by atoms with Crippen molar-refractivity contribution in [1.82, 2.24) is 14.5 Å². The molecule has 1 atom stereocenters. The van der Waals surface area contributed by atoms with Crippen LogP contribution in [0, 0.1) is 0 Å². The molecule has 3 aromatic rings. The van der Waals surface area contributed by atoms with Crippen molar-refractivity contribution in [2.24, 2.45) is 7.05 Å². The van der Waals surface area contributed by atoms with E-state index in [0.717, 1.165) is 25.7 Å². The van der Waals surface area contributed by atoms with E-state index in [4.69, 9.17) is 4.98 Å². The minimum absolute atomic E-state index is 0.0126. The Kier molecular flexibility index (Phi) is 7.39. The van der Waals surface area contributed by atoms with Gasteiger partial charge in [-0.2, -0.15) is 0 Å². The minimum Gasteiger partial charge on any atom is -0.328 e. The normalized spacial score (nSPS) is 12.1. The predicted molar refractivity (Wildman–Crippen MR) is 122 cm³/mol. The molecule has 5 heteroatoms. The Morgan fingerprint density at radius 3 is 2.40 bits per heavy atom. The van der Waals surface area contributed by atoms with Gasteiger partial charge in [0.15, 0.2) is 0 Å². The highest BCUT2D eigenvalue weighted by atomic mass is 16.2. The number of nitrogens with zero attached hydrogens (tertiary/aromatic N) is 3. The summed E-state index contributed by atoms with van der Waals surface area (Å²) in [5.74, 6) is 0.627. The Morgan fingerprint density at radius 2 is 1.70 bits per heavy atom. The molecular formula is C25H31N3O2. The molecule has 1 aromatic heterocycles. The molecule has 0 unspecified atom stereocenters. The second-order valence-corrected chi connectivity index (χ2v) is 7.70. The molecule has 0 saturated carbocycles. The summed E-state index contributed by atoms with van der Waals surface area (Å²) < 4.78 is 1.60. The van der Waals surface area contributed by atoms with Crippen LogP contribution in [0.25, 0.3) is 10.9 Å². The number of amides is 1. The van der Waals surface area contributed by atoms with Crippen molar-refractivity contribution in [3.63, 3.8) is 0 Å². The molecule has 0 radical (unpaired) electrons. The van der Waals surface area contributed by atoms with E-state index >= 15 is 0 Å². The maximum atomic E-state index is 13.5. The molecule has 0 aliphatic carbocycles. The fourth-order valence-electron chi connectivity index (χ4n) is 3.93. The molecule has 5 nitrogen and oxygen atoms in total. The maximum absolute atomic E-state index is 13.5. The highest BCUT2D eigenvalue weighted by Gasteiger charge is 2.28. The molecule has 0 aliphatic heterocycles. The van der Waals surface area contributed by atoms with E-state index in [1.807, 2.05) is 60.4 Å². The Morgan fingerprint density at radius 1 is 1.00 bits per heavy atom. The molecule has 0 N–H and O–H groups in total. The van der Waals surface area contributed by atoms with E-state index in [1.165, 1.54) is 0 Å². The number of carbonyl (C=O) groups is 1. The van der Waals surface area contributed by atoms with Crippen molar-refractivity contribution in [3.05, 3.63) is 76.3 Å². The number of hydrogen-bond donors (Lipinski definition) is 0. The Hall–Kier alpha value is -2.95. The molecule has 0 aliphatic rings. The monoisotopic (exact) mass is 405 g/mol. The van der Waals surface area contributed by atoms with Crippen molar-refractivity contribution in [3.8, 4) is 0 Å². The Balaban J connectivity index is 2.03. The molecule has 1 heterocycles. The molecule has 158 valence electrons. The predicted octanol–water partition coefficient (Wildman–Crippen LogP) is 5.11. The van der Waals surface area contributed by atoms with Crippen LogP contribution in [0.2, 0.25) is 0 Å². The zero-order chi connectivity index (χ0) is 21.5. The van der Waals surface area contributed by atoms with Gasteiger partial charge in [0, 0.05) is 19.2 Å². The fourth-order valence-corrected chi connectivity index (χ4v) is 3.93. The van der Waals surface area contributed by atoms with Crippen molar-refractivity contribution in [1.29, 1.82) is 0 Å². The van der Waals surface area contributed by atoms with Gasteiger partial charge in [-0.1, -0.05) is 63.4 Å². The van der Waals surface area contributed by atoms with Gasteiger partial charge >= 0.3 is 0 Å². The first-order valence-corrected chi connectivity index (χ1v) is 10.9. The summed E-state index contributed by atoms with van der Waals surface area (Å²) in [6.07, 6.45) is 4.99. The first-order valence-electron chi connectivity index (χ1n) is 10.9. The number of unbranched alkanes of at least 4 members (excludes halogenated alkanes) is 3. The zero-order valence-electron chi connectivity index (χ0n) is 18.2. The number of carbonyl (C=O) groups excluding carboxylic acids is 1. The summed E-state index contributed by atoms with van der Waals surface area (Å²) in [7, 11) is 1.75. The van der Waals surface area contributed by atoms with Gasteiger partial charge in [0.1, 0.15) is 5.82 Å². The average Bonchev–Trinajstić information content (AvgIpc) is 2.79. The lowest BCUT2D eigenvalue weighted by molar-refractivity contribution is 0.0653. The zero-order valence-corrected chi connectivity index (χ0v) is 18.2. The molecular weight excluding hydrogens is 374 g/mol. The fraction of sp³-hybridized carbons (Fsp3) is 0.400. The van der Waals surface area contributed by atoms with Crippen LogP contribution in [0.4, 0.5) is 0 Å². The number of benzene rings is 2. The van der Waals surface area contributed by atoms with Gasteiger partial charge in [-0.05, 0) is 37.1 Å². The van der Waals surface area contributed by atoms with Gasteiger partial charge in [-0.3, -0.25) is 14.2 Å². The summed E-state index contributed by atoms with van der Waals surface area (Å²) in [5.41, 5.74) is 1.26. The summed E-state index contributed by atoms with van der Waals surface area (Å²) in [5, 5.41) is 0.600. The van der Waals surface area contributed by atoms with E-state index in [-0.39, 0.29) is 17.5 Å². The number of rotatable bonds is 9. The van der Waals surface area contributed by atoms with Crippen LogP contribution in [0.15, 0.2) is 59.4 Å². The van der Waals surface area contributed by atoms with Gasteiger partial charge < -0.3 is 4.90 Å². The van der Waals surface area contributed by atoms with Gasteiger partial charge in [-0.25, -0.2) is 4.98 Å². The van der Waals surface area contributed by atoms with Gasteiger partial charge in [0.2, 0.25) is 0 Å². The second kappa shape index (κ2) is 10.2. The Bertz CT molecular complexity index is 1040. The van der Waals surface area contributed by atoms with Crippen LogP contribution < -0.4 is 5.56 Å². The number of aromatic nitrogens is 2. The summed E-state index contributed by atoms with van der Waals surface area (Å²) in [4.78, 5) is 33.1. The van der Waals surface area contributed by atoms with Gasteiger partial charge in [0.05, 0.1) is 16.9 Å². The third kappa shape index (κ3) is 4.61. The molecule has 0 bridgehead atoms. The first kappa shape index (κ1) is 21.8. The highest BCUT2D eigenvalue weighted by molar-refractivity contribution is 5.94. The van der Waals surface area contributed by atoms with Crippen LogP contribution in [-0.2, 0) is 7.05 Å². The van der Waals surface area contributed by atoms with E-state index in [0.29, 0.717) is 35.3 Å². The molecule has 2 aromatic carbocycles. The quantitative estimate of drug-likeness (QED) is 0.465. The topological polar surface area (TPSA) is 55.2 Å². The van der Waals surface area contributed by atoms with Crippen LogP contribution in [0.1, 0.15) is 68.2 Å². The molecule has 0 spiro atoms. The molecule has 3 rings (SSSR count). The third-order valence-corrected chi connectivity index (χ3v) is 5.61. The lowest BCUT2D eigenvalue weighted by atomic mass is 10.1. The summed E-state index contributed by atoms with van der Waals surface area (Å²) >= 11 is 0. The lowest BCUT2D eigenvalue weighted by Gasteiger charge is -2.32. The Labute approximate surface area is 178 Å². The van der Waals surface area contributed by atoms with Crippen LogP contribution in [-0.4, -0.2) is 26.9 Å². The summed E-state index contributed by atoms with van der Waals surface area (Å²) in [6.45, 7) is 4.87.